The van der Waals surface area contributed by atoms with Gasteiger partial charge in [-0.1, -0.05) is 6.42 Å². The van der Waals surface area contributed by atoms with Gasteiger partial charge in [-0.15, -0.1) is 11.3 Å². The molecular weight excluding hydrogens is 140 g/mol. The van der Waals surface area contributed by atoms with Crippen molar-refractivity contribution in [3.8, 4) is 0 Å². The molecule has 0 amide bonds. The van der Waals surface area contributed by atoms with Gasteiger partial charge in [0.05, 0.1) is 0 Å². The zero-order valence-corrected chi connectivity index (χ0v) is 6.84. The first-order valence-corrected chi connectivity index (χ1v) is 4.82. The maximum atomic E-state index is 3.32. The Hall–Kier alpha value is -0.300. The molecule has 1 aliphatic rings. The predicted octanol–water partition coefficient (Wildman–Crippen LogP) is 2.82. The maximum absolute atomic E-state index is 3.32. The molecule has 1 heteroatoms. The molecule has 10 heavy (non-hydrogen) atoms. The maximum Gasteiger partial charge on any atom is 0.00836 e. The lowest BCUT2D eigenvalue weighted by atomic mass is 10.2. The van der Waals surface area contributed by atoms with E-state index in [0.29, 0.717) is 0 Å². The van der Waals surface area contributed by atoms with Gasteiger partial charge < -0.3 is 0 Å². The number of fused-ring (bicyclic) bond motifs is 1. The number of hydrogen-bond acceptors (Lipinski definition) is 1. The van der Waals surface area contributed by atoms with Crippen molar-refractivity contribution in [1.82, 2.24) is 0 Å². The summed E-state index contributed by atoms with van der Waals surface area (Å²) in [6, 6.07) is 3.32. The fourth-order valence-electron chi connectivity index (χ4n) is 1.51. The zero-order valence-electron chi connectivity index (χ0n) is 6.02. The lowest BCUT2D eigenvalue weighted by Gasteiger charge is -1.92. The average molecular weight is 151 g/mol. The van der Waals surface area contributed by atoms with Gasteiger partial charge in [-0.3, -0.25) is 0 Å². The van der Waals surface area contributed by atoms with Crippen LogP contribution in [0.25, 0.3) is 0 Å². The van der Waals surface area contributed by atoms with Crippen LogP contribution in [0.1, 0.15) is 29.7 Å². The normalized spacial score (nSPS) is 18.0. The molecule has 53 valence electrons. The van der Waals surface area contributed by atoms with E-state index in [4.69, 9.17) is 0 Å². The summed E-state index contributed by atoms with van der Waals surface area (Å²) in [7, 11) is 0. The predicted molar refractivity (Wildman–Crippen MR) is 44.4 cm³/mol. The second-order valence-electron chi connectivity index (χ2n) is 2.84. The van der Waals surface area contributed by atoms with Gasteiger partial charge in [0.15, 0.2) is 0 Å². The van der Waals surface area contributed by atoms with Crippen LogP contribution in [0.5, 0.6) is 0 Å². The Bertz CT molecular complexity index is 192. The molecule has 0 unspecified atom stereocenters. The first kappa shape index (κ1) is 6.41. The third-order valence-electron chi connectivity index (χ3n) is 2.10. The van der Waals surface area contributed by atoms with Gasteiger partial charge in [0.25, 0.3) is 0 Å². The van der Waals surface area contributed by atoms with E-state index in [1.165, 1.54) is 37.7 Å². The Kier molecular flexibility index (Phi) is 1.76. The molecule has 1 aromatic rings. The Balaban J connectivity index is 2.28. The van der Waals surface area contributed by atoms with Gasteiger partial charge in [0.2, 0.25) is 0 Å². The number of rotatable bonds is 0. The van der Waals surface area contributed by atoms with Crippen LogP contribution < -0.4 is 0 Å². The van der Waals surface area contributed by atoms with Crippen molar-refractivity contribution in [2.45, 2.75) is 32.1 Å². The van der Waals surface area contributed by atoms with Crippen molar-refractivity contribution in [3.05, 3.63) is 21.9 Å². The van der Waals surface area contributed by atoms with Crippen molar-refractivity contribution in [2.24, 2.45) is 0 Å². The molecule has 0 N–H and O–H groups in total. The summed E-state index contributed by atoms with van der Waals surface area (Å²) >= 11 is 1.88. The van der Waals surface area contributed by atoms with Crippen molar-refractivity contribution in [2.75, 3.05) is 0 Å². The summed E-state index contributed by atoms with van der Waals surface area (Å²) < 4.78 is 0. The van der Waals surface area contributed by atoms with Crippen molar-refractivity contribution in [3.63, 3.8) is 0 Å². The third-order valence-corrected chi connectivity index (χ3v) is 3.07. The molecule has 0 spiro atoms. The van der Waals surface area contributed by atoms with Crippen LogP contribution in [0, 0.1) is 6.07 Å². The first-order chi connectivity index (χ1) is 4.97. The summed E-state index contributed by atoms with van der Waals surface area (Å²) in [6.45, 7) is 0. The highest BCUT2D eigenvalue weighted by molar-refractivity contribution is 7.10. The van der Waals surface area contributed by atoms with Gasteiger partial charge in [0, 0.05) is 4.88 Å². The number of aryl methyl sites for hydroxylation is 2. The third kappa shape index (κ3) is 1.10. The van der Waals surface area contributed by atoms with Gasteiger partial charge in [0.1, 0.15) is 0 Å². The van der Waals surface area contributed by atoms with Crippen molar-refractivity contribution < 1.29 is 0 Å². The van der Waals surface area contributed by atoms with Crippen LogP contribution in [0.4, 0.5) is 0 Å². The average Bonchev–Trinajstić information content (AvgIpc) is 2.28. The second kappa shape index (κ2) is 2.75. The fourth-order valence-corrected chi connectivity index (χ4v) is 2.42. The van der Waals surface area contributed by atoms with E-state index in [1.54, 1.807) is 4.88 Å². The minimum Gasteiger partial charge on any atom is -0.148 e. The van der Waals surface area contributed by atoms with Gasteiger partial charge in [-0.2, -0.15) is 0 Å². The van der Waals surface area contributed by atoms with Crippen LogP contribution in [-0.4, -0.2) is 0 Å². The largest absolute Gasteiger partial charge is 0.148 e. The lowest BCUT2D eigenvalue weighted by molar-refractivity contribution is 0.712. The van der Waals surface area contributed by atoms with Crippen molar-refractivity contribution in [1.29, 1.82) is 0 Å². The SMILES string of the molecule is [c]1csc2c1CCCCC2. The molecule has 1 aromatic heterocycles. The molecule has 0 aliphatic heterocycles. The molecule has 0 bridgehead atoms. The monoisotopic (exact) mass is 151 g/mol. The Morgan fingerprint density at radius 1 is 1.20 bits per heavy atom. The van der Waals surface area contributed by atoms with E-state index in [9.17, 15) is 0 Å². The Morgan fingerprint density at radius 3 is 3.10 bits per heavy atom. The number of thiophene rings is 1. The van der Waals surface area contributed by atoms with Crippen LogP contribution in [0.2, 0.25) is 0 Å². The molecule has 0 fully saturated rings. The molecule has 1 aliphatic carbocycles. The molecular formula is C9H11S. The second-order valence-corrected chi connectivity index (χ2v) is 3.81. The Morgan fingerprint density at radius 2 is 2.10 bits per heavy atom. The summed E-state index contributed by atoms with van der Waals surface area (Å²) in [5.74, 6) is 0. The topological polar surface area (TPSA) is 0 Å². The van der Waals surface area contributed by atoms with Gasteiger partial charge in [-0.05, 0) is 42.7 Å². The number of hydrogen-bond donors (Lipinski definition) is 0. The zero-order chi connectivity index (χ0) is 6.81. The Labute approximate surface area is 65.9 Å². The van der Waals surface area contributed by atoms with Crippen LogP contribution in [0.3, 0.4) is 0 Å². The van der Waals surface area contributed by atoms with Crippen LogP contribution in [0.15, 0.2) is 5.38 Å². The smallest absolute Gasteiger partial charge is 0.00836 e. The van der Waals surface area contributed by atoms with Gasteiger partial charge >= 0.3 is 0 Å². The standard InChI is InChI=1S/C9H11S/c1-2-4-8-6-7-10-9(8)5-3-1/h7H,1-5H2. The van der Waals surface area contributed by atoms with Crippen LogP contribution in [-0.2, 0) is 12.8 Å². The quantitative estimate of drug-likeness (QED) is 0.500. The highest BCUT2D eigenvalue weighted by Crippen LogP contribution is 2.24. The van der Waals surface area contributed by atoms with E-state index >= 15 is 0 Å². The molecule has 2 rings (SSSR count). The summed E-state index contributed by atoms with van der Waals surface area (Å²) in [5, 5.41) is 2.11. The molecule has 0 aromatic carbocycles. The van der Waals surface area contributed by atoms with E-state index in [1.807, 2.05) is 11.3 Å². The van der Waals surface area contributed by atoms with E-state index in [2.05, 4.69) is 11.4 Å². The summed E-state index contributed by atoms with van der Waals surface area (Å²) in [5.41, 5.74) is 1.50. The minimum atomic E-state index is 1.28. The van der Waals surface area contributed by atoms with Gasteiger partial charge in [-0.25, -0.2) is 0 Å². The molecule has 0 saturated carbocycles. The molecule has 0 atom stereocenters. The summed E-state index contributed by atoms with van der Waals surface area (Å²) in [4.78, 5) is 1.59. The molecule has 1 radical (unpaired) electrons. The molecule has 1 heterocycles. The van der Waals surface area contributed by atoms with E-state index in [-0.39, 0.29) is 0 Å². The van der Waals surface area contributed by atoms with E-state index < -0.39 is 0 Å². The highest BCUT2D eigenvalue weighted by Gasteiger charge is 2.07. The minimum absolute atomic E-state index is 1.28. The summed E-state index contributed by atoms with van der Waals surface area (Å²) in [6.07, 6.45) is 6.76. The first-order valence-electron chi connectivity index (χ1n) is 3.94. The van der Waals surface area contributed by atoms with Crippen LogP contribution >= 0.6 is 11.3 Å². The fraction of sp³-hybridized carbons (Fsp3) is 0.556. The highest BCUT2D eigenvalue weighted by atomic mass is 32.1. The molecule has 0 saturated heterocycles. The molecule has 0 nitrogen and oxygen atoms in total. The lowest BCUT2D eigenvalue weighted by Crippen LogP contribution is -1.81. The van der Waals surface area contributed by atoms with Crippen molar-refractivity contribution >= 4 is 11.3 Å². The van der Waals surface area contributed by atoms with E-state index in [0.717, 1.165) is 0 Å².